The van der Waals surface area contributed by atoms with Crippen molar-refractivity contribution in [3.05, 3.63) is 0 Å². The third-order valence-corrected chi connectivity index (χ3v) is 4.05. The highest BCUT2D eigenvalue weighted by Gasteiger charge is 2.36. The number of methoxy groups -OCH3 is 1. The average molecular weight is 283 g/mol. The Morgan fingerprint density at radius 3 is 2.80 bits per heavy atom. The molecule has 2 fully saturated rings. The standard InChI is InChI=1S/C14H21NO5/c1-19-14(18)12(9-3-2-4-11(16)7-9)15-13(17)10-5-6-20-8-10/h9-10,12H,2-8H2,1H3,(H,15,17)/t9-,10+,12+/m1/s1. The number of carbonyl (C=O) groups is 3. The Hall–Kier alpha value is -1.43. The van der Waals surface area contributed by atoms with Crippen molar-refractivity contribution in [1.82, 2.24) is 5.32 Å². The number of rotatable bonds is 4. The Morgan fingerprint density at radius 2 is 2.20 bits per heavy atom. The molecule has 1 aliphatic carbocycles. The van der Waals surface area contributed by atoms with Crippen LogP contribution in [0.1, 0.15) is 32.1 Å². The fraction of sp³-hybridized carbons (Fsp3) is 0.786. The molecule has 0 spiro atoms. The second-order valence-corrected chi connectivity index (χ2v) is 5.47. The Labute approximate surface area is 118 Å². The predicted molar refractivity (Wildman–Crippen MR) is 69.8 cm³/mol. The summed E-state index contributed by atoms with van der Waals surface area (Å²) in [5.74, 6) is -0.877. The number of ketones is 1. The molecule has 1 heterocycles. The van der Waals surface area contributed by atoms with Crippen LogP contribution in [-0.4, -0.2) is 44.0 Å². The number of hydrogen-bond acceptors (Lipinski definition) is 5. The van der Waals surface area contributed by atoms with Crippen LogP contribution in [0, 0.1) is 11.8 Å². The van der Waals surface area contributed by atoms with Crippen molar-refractivity contribution in [2.24, 2.45) is 11.8 Å². The van der Waals surface area contributed by atoms with Crippen LogP contribution in [0.5, 0.6) is 0 Å². The molecule has 112 valence electrons. The molecule has 6 heteroatoms. The van der Waals surface area contributed by atoms with Gasteiger partial charge in [-0.05, 0) is 25.2 Å². The van der Waals surface area contributed by atoms with Gasteiger partial charge in [0.15, 0.2) is 0 Å². The first kappa shape index (κ1) is 15.0. The monoisotopic (exact) mass is 283 g/mol. The van der Waals surface area contributed by atoms with Crippen molar-refractivity contribution in [1.29, 1.82) is 0 Å². The minimum atomic E-state index is -0.725. The number of nitrogens with one attached hydrogen (secondary N) is 1. The van der Waals surface area contributed by atoms with E-state index in [1.54, 1.807) is 0 Å². The fourth-order valence-corrected chi connectivity index (χ4v) is 2.85. The number of amides is 1. The molecule has 20 heavy (non-hydrogen) atoms. The molecular weight excluding hydrogens is 262 g/mol. The molecule has 1 saturated heterocycles. The average Bonchev–Trinajstić information content (AvgIpc) is 2.98. The summed E-state index contributed by atoms with van der Waals surface area (Å²) < 4.78 is 9.95. The zero-order valence-electron chi connectivity index (χ0n) is 11.7. The second kappa shape index (κ2) is 6.83. The van der Waals surface area contributed by atoms with E-state index >= 15 is 0 Å². The highest BCUT2D eigenvalue weighted by molar-refractivity contribution is 5.87. The summed E-state index contributed by atoms with van der Waals surface area (Å²) in [5.41, 5.74) is 0. The highest BCUT2D eigenvalue weighted by Crippen LogP contribution is 2.25. The lowest BCUT2D eigenvalue weighted by atomic mass is 9.83. The lowest BCUT2D eigenvalue weighted by Crippen LogP contribution is -2.49. The molecule has 1 aliphatic heterocycles. The quantitative estimate of drug-likeness (QED) is 0.757. The zero-order chi connectivity index (χ0) is 14.5. The van der Waals surface area contributed by atoms with Gasteiger partial charge in [0.05, 0.1) is 19.6 Å². The molecule has 6 nitrogen and oxygen atoms in total. The summed E-state index contributed by atoms with van der Waals surface area (Å²) in [5, 5.41) is 2.75. The van der Waals surface area contributed by atoms with Crippen molar-refractivity contribution in [3.8, 4) is 0 Å². The maximum atomic E-state index is 12.1. The lowest BCUT2D eigenvalue weighted by molar-refractivity contribution is -0.148. The van der Waals surface area contributed by atoms with Gasteiger partial charge in [0, 0.05) is 19.4 Å². The van der Waals surface area contributed by atoms with E-state index in [4.69, 9.17) is 9.47 Å². The second-order valence-electron chi connectivity index (χ2n) is 5.47. The third kappa shape index (κ3) is 3.56. The number of hydrogen-bond donors (Lipinski definition) is 1. The van der Waals surface area contributed by atoms with Crippen LogP contribution in [0.2, 0.25) is 0 Å². The molecule has 3 atom stereocenters. The first-order chi connectivity index (χ1) is 9.61. The summed E-state index contributed by atoms with van der Waals surface area (Å²) in [6.45, 7) is 0.964. The summed E-state index contributed by atoms with van der Waals surface area (Å²) >= 11 is 0. The van der Waals surface area contributed by atoms with Gasteiger partial charge in [0.25, 0.3) is 0 Å². The van der Waals surface area contributed by atoms with E-state index < -0.39 is 12.0 Å². The highest BCUT2D eigenvalue weighted by atomic mass is 16.5. The van der Waals surface area contributed by atoms with E-state index in [0.29, 0.717) is 32.5 Å². The molecule has 0 aromatic heterocycles. The number of ether oxygens (including phenoxy) is 2. The largest absolute Gasteiger partial charge is 0.467 e. The van der Waals surface area contributed by atoms with Gasteiger partial charge in [-0.3, -0.25) is 9.59 Å². The molecule has 0 bridgehead atoms. The molecule has 2 aliphatic rings. The number of Topliss-reactive ketones (excluding diaryl/α,β-unsaturated/α-hetero) is 1. The smallest absolute Gasteiger partial charge is 0.328 e. The van der Waals surface area contributed by atoms with Crippen molar-refractivity contribution in [3.63, 3.8) is 0 Å². The molecule has 1 amide bonds. The molecule has 1 saturated carbocycles. The normalized spacial score (nSPS) is 27.9. The predicted octanol–water partition coefficient (Wildman–Crippen LogP) is 0.440. The first-order valence-electron chi connectivity index (χ1n) is 7.09. The Bertz CT molecular complexity index is 389. The van der Waals surface area contributed by atoms with Gasteiger partial charge in [-0.1, -0.05) is 0 Å². The molecule has 0 radical (unpaired) electrons. The van der Waals surface area contributed by atoms with Crippen LogP contribution in [0.15, 0.2) is 0 Å². The lowest BCUT2D eigenvalue weighted by Gasteiger charge is -2.29. The van der Waals surface area contributed by atoms with Crippen molar-refractivity contribution in [2.75, 3.05) is 20.3 Å². The minimum Gasteiger partial charge on any atom is -0.467 e. The number of esters is 1. The molecular formula is C14H21NO5. The van der Waals surface area contributed by atoms with Gasteiger partial charge < -0.3 is 14.8 Å². The SMILES string of the molecule is COC(=O)[C@@H](NC(=O)[C@H]1CCOC1)[C@@H]1CCCC(=O)C1. The Morgan fingerprint density at radius 1 is 1.40 bits per heavy atom. The van der Waals surface area contributed by atoms with Crippen LogP contribution in [0.25, 0.3) is 0 Å². The Balaban J connectivity index is 2.01. The third-order valence-electron chi connectivity index (χ3n) is 4.05. The van der Waals surface area contributed by atoms with E-state index in [-0.39, 0.29) is 23.5 Å². The van der Waals surface area contributed by atoms with E-state index in [9.17, 15) is 14.4 Å². The van der Waals surface area contributed by atoms with E-state index in [1.807, 2.05) is 0 Å². The summed E-state index contributed by atoms with van der Waals surface area (Å²) in [4.78, 5) is 35.6. The molecule has 0 aromatic rings. The van der Waals surface area contributed by atoms with E-state index in [0.717, 1.165) is 12.8 Å². The van der Waals surface area contributed by atoms with Gasteiger partial charge in [-0.25, -0.2) is 4.79 Å². The molecule has 2 rings (SSSR count). The fourth-order valence-electron chi connectivity index (χ4n) is 2.85. The van der Waals surface area contributed by atoms with Crippen LogP contribution >= 0.6 is 0 Å². The molecule has 0 unspecified atom stereocenters. The van der Waals surface area contributed by atoms with Gasteiger partial charge >= 0.3 is 5.97 Å². The summed E-state index contributed by atoms with van der Waals surface area (Å²) in [6.07, 6.45) is 3.09. The molecule has 1 N–H and O–H groups in total. The summed E-state index contributed by atoms with van der Waals surface area (Å²) in [6, 6.07) is -0.725. The van der Waals surface area contributed by atoms with Crippen LogP contribution in [0.3, 0.4) is 0 Å². The van der Waals surface area contributed by atoms with Crippen molar-refractivity contribution in [2.45, 2.75) is 38.1 Å². The van der Waals surface area contributed by atoms with E-state index in [1.165, 1.54) is 7.11 Å². The van der Waals surface area contributed by atoms with E-state index in [2.05, 4.69) is 5.32 Å². The van der Waals surface area contributed by atoms with Crippen LogP contribution < -0.4 is 5.32 Å². The van der Waals surface area contributed by atoms with Gasteiger partial charge in [-0.2, -0.15) is 0 Å². The zero-order valence-corrected chi connectivity index (χ0v) is 11.7. The summed E-state index contributed by atoms with van der Waals surface area (Å²) in [7, 11) is 1.30. The van der Waals surface area contributed by atoms with Gasteiger partial charge in [0.1, 0.15) is 11.8 Å². The first-order valence-corrected chi connectivity index (χ1v) is 7.09. The van der Waals surface area contributed by atoms with Crippen molar-refractivity contribution < 1.29 is 23.9 Å². The molecule has 0 aromatic carbocycles. The van der Waals surface area contributed by atoms with Crippen LogP contribution in [0.4, 0.5) is 0 Å². The van der Waals surface area contributed by atoms with Gasteiger partial charge in [0.2, 0.25) is 5.91 Å². The Kier molecular flexibility index (Phi) is 5.11. The minimum absolute atomic E-state index is 0.147. The van der Waals surface area contributed by atoms with Crippen molar-refractivity contribution >= 4 is 17.7 Å². The maximum absolute atomic E-state index is 12.1. The number of carbonyl (C=O) groups excluding carboxylic acids is 3. The topological polar surface area (TPSA) is 81.7 Å². The van der Waals surface area contributed by atoms with Gasteiger partial charge in [-0.15, -0.1) is 0 Å². The maximum Gasteiger partial charge on any atom is 0.328 e. The van der Waals surface area contributed by atoms with Crippen LogP contribution in [-0.2, 0) is 23.9 Å².